The molecule has 0 spiro atoms. The Balaban J connectivity index is 2.75. The van der Waals surface area contributed by atoms with Gasteiger partial charge in [-0.3, -0.25) is 4.98 Å². The molecule has 2 rings (SSSR count). The number of nitrogens with two attached hydrogens (primary N) is 1. The number of pyridine rings is 1. The second kappa shape index (κ2) is 3.04. The predicted molar refractivity (Wildman–Crippen MR) is 53.1 cm³/mol. The fraction of sp³-hybridized carbons (Fsp3) is 0. The minimum absolute atomic E-state index is 0.0381. The van der Waals surface area contributed by atoms with Gasteiger partial charge in [-0.2, -0.15) is 0 Å². The fourth-order valence-corrected chi connectivity index (χ4v) is 1.70. The van der Waals surface area contributed by atoms with Gasteiger partial charge in [-0.05, 0) is 12.1 Å². The number of sulfonamides is 1. The zero-order valence-corrected chi connectivity index (χ0v) is 8.03. The average Bonchev–Trinajstić information content (AvgIpc) is 2.16. The van der Waals surface area contributed by atoms with Gasteiger partial charge in [0.25, 0.3) is 0 Å². The predicted octanol–water partition coefficient (Wildman–Crippen LogP) is 0.882. The summed E-state index contributed by atoms with van der Waals surface area (Å²) in [6.07, 6.45) is 1.26. The van der Waals surface area contributed by atoms with Crippen molar-refractivity contribution in [2.24, 2.45) is 5.14 Å². The number of benzene rings is 1. The Kier molecular flexibility index (Phi) is 1.98. The molecule has 0 aliphatic carbocycles. The minimum atomic E-state index is -3.66. The van der Waals surface area contributed by atoms with Crippen LogP contribution in [0.2, 0.25) is 0 Å². The van der Waals surface area contributed by atoms with E-state index in [0.29, 0.717) is 0 Å². The molecule has 0 fully saturated rings. The van der Waals surface area contributed by atoms with Gasteiger partial charge in [-0.25, -0.2) is 13.6 Å². The molecule has 0 saturated heterocycles. The van der Waals surface area contributed by atoms with Crippen molar-refractivity contribution in [3.05, 3.63) is 36.5 Å². The molecule has 1 aromatic heterocycles. The number of fused-ring (bicyclic) bond motifs is 1. The Labute approximate surface area is 81.4 Å². The molecule has 0 bridgehead atoms. The first kappa shape index (κ1) is 9.11. The molecule has 0 aliphatic rings. The molecule has 0 saturated carbocycles. The molecule has 2 aromatic rings. The van der Waals surface area contributed by atoms with Gasteiger partial charge in [-0.1, -0.05) is 18.2 Å². The van der Waals surface area contributed by atoms with Gasteiger partial charge in [0, 0.05) is 11.6 Å². The minimum Gasteiger partial charge on any atom is -0.255 e. The summed E-state index contributed by atoms with van der Waals surface area (Å²) in [6, 6.07) is 8.76. The lowest BCUT2D eigenvalue weighted by Gasteiger charge is -1.99. The summed E-state index contributed by atoms with van der Waals surface area (Å²) in [4.78, 5) is 4.03. The monoisotopic (exact) mass is 208 g/mol. The van der Waals surface area contributed by atoms with Gasteiger partial charge < -0.3 is 0 Å². The molecule has 0 amide bonds. The maximum absolute atomic E-state index is 11.0. The molecule has 2 N–H and O–H groups in total. The van der Waals surface area contributed by atoms with Crippen LogP contribution >= 0.6 is 0 Å². The third-order valence-corrected chi connectivity index (χ3v) is 2.77. The zero-order valence-electron chi connectivity index (χ0n) is 7.21. The molecule has 4 nitrogen and oxygen atoms in total. The Morgan fingerprint density at radius 2 is 1.93 bits per heavy atom. The van der Waals surface area contributed by atoms with Crippen LogP contribution in [0.1, 0.15) is 0 Å². The summed E-state index contributed by atoms with van der Waals surface area (Å²) in [7, 11) is -3.66. The van der Waals surface area contributed by atoms with Crippen molar-refractivity contribution in [1.82, 2.24) is 4.98 Å². The standard InChI is InChI=1S/C9H8N2O2S/c10-14(12,13)8-5-7-3-1-2-4-9(7)11-6-8/h1-6H,(H2,10,12,13). The highest BCUT2D eigenvalue weighted by atomic mass is 32.2. The van der Waals surface area contributed by atoms with Crippen LogP contribution in [0.15, 0.2) is 41.4 Å². The summed E-state index contributed by atoms with van der Waals surface area (Å²) in [5, 5.41) is 5.74. The van der Waals surface area contributed by atoms with Gasteiger partial charge in [0.2, 0.25) is 10.0 Å². The topological polar surface area (TPSA) is 73.1 Å². The van der Waals surface area contributed by atoms with Crippen molar-refractivity contribution in [3.63, 3.8) is 0 Å². The molecular weight excluding hydrogens is 200 g/mol. The SMILES string of the molecule is NS(=O)(=O)c1cnc2ccccc2c1. The number of para-hydroxylation sites is 1. The van der Waals surface area contributed by atoms with Gasteiger partial charge in [0.1, 0.15) is 4.90 Å². The quantitative estimate of drug-likeness (QED) is 0.756. The first-order valence-corrected chi connectivity index (χ1v) is 5.49. The van der Waals surface area contributed by atoms with Gasteiger partial charge in [0.05, 0.1) is 5.52 Å². The lowest BCUT2D eigenvalue weighted by atomic mass is 10.2. The highest BCUT2D eigenvalue weighted by Gasteiger charge is 2.08. The molecule has 0 aliphatic heterocycles. The first-order chi connectivity index (χ1) is 6.57. The summed E-state index contributed by atoms with van der Waals surface area (Å²) >= 11 is 0. The maximum Gasteiger partial charge on any atom is 0.239 e. The number of hydrogen-bond donors (Lipinski definition) is 1. The van der Waals surface area contributed by atoms with Crippen LogP contribution in [-0.4, -0.2) is 13.4 Å². The summed E-state index contributed by atoms with van der Waals surface area (Å²) in [5.41, 5.74) is 0.750. The molecule has 0 radical (unpaired) electrons. The van der Waals surface area contributed by atoms with E-state index in [0.717, 1.165) is 10.9 Å². The largest absolute Gasteiger partial charge is 0.255 e. The first-order valence-electron chi connectivity index (χ1n) is 3.95. The molecule has 72 valence electrons. The van der Waals surface area contributed by atoms with Gasteiger partial charge >= 0.3 is 0 Å². The van der Waals surface area contributed by atoms with E-state index in [1.807, 2.05) is 18.2 Å². The molecule has 0 unspecified atom stereocenters. The highest BCUT2D eigenvalue weighted by Crippen LogP contribution is 2.14. The van der Waals surface area contributed by atoms with Crippen LogP contribution in [0.25, 0.3) is 10.9 Å². The van der Waals surface area contributed by atoms with E-state index < -0.39 is 10.0 Å². The van der Waals surface area contributed by atoms with Crippen molar-refractivity contribution in [1.29, 1.82) is 0 Å². The third-order valence-electron chi connectivity index (χ3n) is 1.89. The van der Waals surface area contributed by atoms with E-state index in [1.54, 1.807) is 6.07 Å². The molecule has 1 heterocycles. The normalized spacial score (nSPS) is 11.8. The maximum atomic E-state index is 11.0. The molecular formula is C9H8N2O2S. The van der Waals surface area contributed by atoms with Crippen LogP contribution in [0.5, 0.6) is 0 Å². The Hall–Kier alpha value is -1.46. The summed E-state index contributed by atoms with van der Waals surface area (Å²) in [5.74, 6) is 0. The average molecular weight is 208 g/mol. The van der Waals surface area contributed by atoms with Crippen molar-refractivity contribution in [3.8, 4) is 0 Å². The van der Waals surface area contributed by atoms with Crippen molar-refractivity contribution in [2.75, 3.05) is 0 Å². The Morgan fingerprint density at radius 3 is 2.64 bits per heavy atom. The van der Waals surface area contributed by atoms with E-state index in [9.17, 15) is 8.42 Å². The summed E-state index contributed by atoms with van der Waals surface area (Å²) < 4.78 is 22.0. The van der Waals surface area contributed by atoms with Crippen LogP contribution < -0.4 is 5.14 Å². The number of nitrogens with zero attached hydrogens (tertiary/aromatic N) is 1. The van der Waals surface area contributed by atoms with Crippen LogP contribution in [0.4, 0.5) is 0 Å². The number of aromatic nitrogens is 1. The van der Waals surface area contributed by atoms with Crippen LogP contribution in [-0.2, 0) is 10.0 Å². The van der Waals surface area contributed by atoms with Gasteiger partial charge in [-0.15, -0.1) is 0 Å². The van der Waals surface area contributed by atoms with Crippen molar-refractivity contribution >= 4 is 20.9 Å². The van der Waals surface area contributed by atoms with E-state index >= 15 is 0 Å². The molecule has 5 heteroatoms. The van der Waals surface area contributed by atoms with Crippen molar-refractivity contribution < 1.29 is 8.42 Å². The second-order valence-electron chi connectivity index (χ2n) is 2.91. The lowest BCUT2D eigenvalue weighted by molar-refractivity contribution is 0.597. The number of primary sulfonamides is 1. The van der Waals surface area contributed by atoms with Gasteiger partial charge in [0.15, 0.2) is 0 Å². The zero-order chi connectivity index (χ0) is 10.2. The number of rotatable bonds is 1. The Bertz CT molecular complexity index is 578. The van der Waals surface area contributed by atoms with Crippen molar-refractivity contribution in [2.45, 2.75) is 4.90 Å². The highest BCUT2D eigenvalue weighted by molar-refractivity contribution is 7.89. The number of hydrogen-bond acceptors (Lipinski definition) is 3. The van der Waals surface area contributed by atoms with E-state index in [1.165, 1.54) is 12.3 Å². The van der Waals surface area contributed by atoms with E-state index in [-0.39, 0.29) is 4.90 Å². The second-order valence-corrected chi connectivity index (χ2v) is 4.47. The third kappa shape index (κ3) is 1.59. The van der Waals surface area contributed by atoms with Crippen LogP contribution in [0, 0.1) is 0 Å². The summed E-state index contributed by atoms with van der Waals surface area (Å²) in [6.45, 7) is 0. The molecule has 1 aromatic carbocycles. The lowest BCUT2D eigenvalue weighted by Crippen LogP contribution is -2.12. The van der Waals surface area contributed by atoms with E-state index in [4.69, 9.17) is 5.14 Å². The smallest absolute Gasteiger partial charge is 0.239 e. The van der Waals surface area contributed by atoms with E-state index in [2.05, 4.69) is 4.98 Å². The Morgan fingerprint density at radius 1 is 1.21 bits per heavy atom. The molecule has 0 atom stereocenters. The van der Waals surface area contributed by atoms with Crippen LogP contribution in [0.3, 0.4) is 0 Å². The molecule has 14 heavy (non-hydrogen) atoms. The fourth-order valence-electron chi connectivity index (χ4n) is 1.21.